The Morgan fingerprint density at radius 1 is 1.42 bits per heavy atom. The molecule has 1 saturated heterocycles. The number of nitrogens with zero attached hydrogens (tertiary/aromatic N) is 2. The van der Waals surface area contributed by atoms with Gasteiger partial charge in [0, 0.05) is 5.69 Å². The van der Waals surface area contributed by atoms with Crippen molar-refractivity contribution in [2.75, 3.05) is 24.6 Å². The SMILES string of the molecule is CCNCCc1c(C)nn(C2CCS(=O)(=O)C2)c1C. The Bertz CT molecular complexity index is 548. The normalized spacial score (nSPS) is 21.9. The highest BCUT2D eigenvalue weighted by molar-refractivity contribution is 7.91. The fourth-order valence-electron chi connectivity index (χ4n) is 2.77. The van der Waals surface area contributed by atoms with Crippen LogP contribution in [0.5, 0.6) is 0 Å². The molecule has 1 aromatic heterocycles. The zero-order valence-corrected chi connectivity index (χ0v) is 12.8. The lowest BCUT2D eigenvalue weighted by Crippen LogP contribution is -2.17. The van der Waals surface area contributed by atoms with Crippen LogP contribution in [0.4, 0.5) is 0 Å². The van der Waals surface area contributed by atoms with Crippen molar-refractivity contribution in [2.45, 2.75) is 39.7 Å². The smallest absolute Gasteiger partial charge is 0.152 e. The summed E-state index contributed by atoms with van der Waals surface area (Å²) in [4.78, 5) is 0. The third kappa shape index (κ3) is 3.17. The van der Waals surface area contributed by atoms with Crippen LogP contribution in [0.2, 0.25) is 0 Å². The number of aryl methyl sites for hydroxylation is 1. The van der Waals surface area contributed by atoms with E-state index in [0.29, 0.717) is 12.2 Å². The van der Waals surface area contributed by atoms with Crippen molar-refractivity contribution in [3.05, 3.63) is 17.0 Å². The maximum Gasteiger partial charge on any atom is 0.152 e. The molecule has 0 aliphatic carbocycles. The molecule has 0 spiro atoms. The molecule has 1 fully saturated rings. The number of likely N-dealkylation sites (N-methyl/N-ethyl adjacent to an activating group) is 1. The average Bonchev–Trinajstić information content (AvgIpc) is 2.83. The minimum atomic E-state index is -2.86. The zero-order valence-electron chi connectivity index (χ0n) is 11.9. The van der Waals surface area contributed by atoms with Gasteiger partial charge in [-0.25, -0.2) is 8.42 Å². The molecular weight excluding hydrogens is 262 g/mol. The molecule has 108 valence electrons. The highest BCUT2D eigenvalue weighted by atomic mass is 32.2. The van der Waals surface area contributed by atoms with Gasteiger partial charge in [-0.1, -0.05) is 6.92 Å². The van der Waals surface area contributed by atoms with Gasteiger partial charge in [-0.15, -0.1) is 0 Å². The predicted molar refractivity (Wildman–Crippen MR) is 76.3 cm³/mol. The first-order valence-corrected chi connectivity index (χ1v) is 8.72. The molecule has 0 amide bonds. The zero-order chi connectivity index (χ0) is 14.0. The molecule has 5 nitrogen and oxygen atoms in total. The summed E-state index contributed by atoms with van der Waals surface area (Å²) in [5, 5.41) is 7.87. The van der Waals surface area contributed by atoms with Crippen LogP contribution in [0.1, 0.15) is 36.3 Å². The van der Waals surface area contributed by atoms with Crippen molar-refractivity contribution < 1.29 is 8.42 Å². The molecule has 19 heavy (non-hydrogen) atoms. The summed E-state index contributed by atoms with van der Waals surface area (Å²) in [5.74, 6) is 0.532. The Kier molecular flexibility index (Phi) is 4.30. The molecule has 1 atom stereocenters. The summed E-state index contributed by atoms with van der Waals surface area (Å²) >= 11 is 0. The van der Waals surface area contributed by atoms with Gasteiger partial charge in [-0.05, 0) is 45.3 Å². The third-order valence-electron chi connectivity index (χ3n) is 3.83. The first kappa shape index (κ1) is 14.5. The highest BCUT2D eigenvalue weighted by Crippen LogP contribution is 2.26. The van der Waals surface area contributed by atoms with Crippen molar-refractivity contribution >= 4 is 9.84 Å². The summed E-state index contributed by atoms with van der Waals surface area (Å²) in [6.45, 7) is 8.05. The van der Waals surface area contributed by atoms with E-state index < -0.39 is 9.84 Å². The second-order valence-corrected chi connectivity index (χ2v) is 7.48. The minimum Gasteiger partial charge on any atom is -0.317 e. The molecule has 1 aliphatic rings. The summed E-state index contributed by atoms with van der Waals surface area (Å²) in [6, 6.07) is 0.0246. The van der Waals surface area contributed by atoms with Gasteiger partial charge in [0.1, 0.15) is 0 Å². The molecule has 2 rings (SSSR count). The predicted octanol–water partition coefficient (Wildman–Crippen LogP) is 1.01. The van der Waals surface area contributed by atoms with Crippen molar-refractivity contribution in [3.8, 4) is 0 Å². The Balaban J connectivity index is 2.17. The monoisotopic (exact) mass is 285 g/mol. The van der Waals surface area contributed by atoms with Gasteiger partial charge < -0.3 is 5.32 Å². The Morgan fingerprint density at radius 2 is 2.16 bits per heavy atom. The summed E-state index contributed by atoms with van der Waals surface area (Å²) < 4.78 is 25.1. The van der Waals surface area contributed by atoms with Crippen molar-refractivity contribution in [1.29, 1.82) is 0 Å². The van der Waals surface area contributed by atoms with Gasteiger partial charge >= 0.3 is 0 Å². The average molecular weight is 285 g/mol. The van der Waals surface area contributed by atoms with E-state index in [2.05, 4.69) is 17.3 Å². The van der Waals surface area contributed by atoms with Crippen molar-refractivity contribution in [3.63, 3.8) is 0 Å². The lowest BCUT2D eigenvalue weighted by molar-refractivity contribution is 0.485. The maximum atomic E-state index is 11.6. The number of hydrogen-bond donors (Lipinski definition) is 1. The van der Waals surface area contributed by atoms with Crippen molar-refractivity contribution in [2.24, 2.45) is 0 Å². The number of aromatic nitrogens is 2. The van der Waals surface area contributed by atoms with Crippen LogP contribution in [0.25, 0.3) is 0 Å². The fraction of sp³-hybridized carbons (Fsp3) is 0.769. The van der Waals surface area contributed by atoms with E-state index in [-0.39, 0.29) is 11.8 Å². The molecular formula is C13H23N3O2S. The van der Waals surface area contributed by atoms with Crippen LogP contribution in [0, 0.1) is 13.8 Å². The molecule has 1 N–H and O–H groups in total. The Labute approximate surface area is 115 Å². The molecule has 1 aromatic rings. The lowest BCUT2D eigenvalue weighted by atomic mass is 10.1. The molecule has 0 saturated carbocycles. The number of hydrogen-bond acceptors (Lipinski definition) is 4. The van der Waals surface area contributed by atoms with E-state index in [1.807, 2.05) is 18.5 Å². The van der Waals surface area contributed by atoms with E-state index in [9.17, 15) is 8.42 Å². The quantitative estimate of drug-likeness (QED) is 0.820. The summed E-state index contributed by atoms with van der Waals surface area (Å²) in [7, 11) is -2.86. The summed E-state index contributed by atoms with van der Waals surface area (Å²) in [5.41, 5.74) is 3.41. The van der Waals surface area contributed by atoms with E-state index in [1.165, 1.54) is 5.56 Å². The van der Waals surface area contributed by atoms with E-state index in [0.717, 1.165) is 30.9 Å². The van der Waals surface area contributed by atoms with Gasteiger partial charge in [0.05, 0.1) is 23.2 Å². The largest absolute Gasteiger partial charge is 0.317 e. The molecule has 0 radical (unpaired) electrons. The van der Waals surface area contributed by atoms with Crippen molar-refractivity contribution in [1.82, 2.24) is 15.1 Å². The van der Waals surface area contributed by atoms with Gasteiger partial charge in [-0.3, -0.25) is 4.68 Å². The summed E-state index contributed by atoms with van der Waals surface area (Å²) in [6.07, 6.45) is 1.64. The fourth-order valence-corrected chi connectivity index (χ4v) is 4.46. The van der Waals surface area contributed by atoms with Crippen LogP contribution in [-0.2, 0) is 16.3 Å². The van der Waals surface area contributed by atoms with E-state index >= 15 is 0 Å². The second kappa shape index (κ2) is 5.63. The maximum absolute atomic E-state index is 11.6. The van der Waals surface area contributed by atoms with E-state index in [4.69, 9.17) is 0 Å². The first-order chi connectivity index (χ1) is 8.94. The molecule has 2 heterocycles. The van der Waals surface area contributed by atoms with Crippen LogP contribution in [0.15, 0.2) is 0 Å². The van der Waals surface area contributed by atoms with Crippen LogP contribution in [0.3, 0.4) is 0 Å². The molecule has 1 aliphatic heterocycles. The Hall–Kier alpha value is -0.880. The van der Waals surface area contributed by atoms with Gasteiger partial charge in [0.15, 0.2) is 9.84 Å². The van der Waals surface area contributed by atoms with Gasteiger partial charge in [0.25, 0.3) is 0 Å². The number of sulfone groups is 1. The highest BCUT2D eigenvalue weighted by Gasteiger charge is 2.31. The van der Waals surface area contributed by atoms with Crippen LogP contribution in [-0.4, -0.2) is 42.8 Å². The van der Waals surface area contributed by atoms with Crippen LogP contribution < -0.4 is 5.32 Å². The minimum absolute atomic E-state index is 0.0246. The van der Waals surface area contributed by atoms with E-state index in [1.54, 1.807) is 0 Å². The molecule has 0 aromatic carbocycles. The molecule has 6 heteroatoms. The van der Waals surface area contributed by atoms with Gasteiger partial charge in [-0.2, -0.15) is 5.10 Å². The first-order valence-electron chi connectivity index (χ1n) is 6.90. The standard InChI is InChI=1S/C13H23N3O2S/c1-4-14-7-5-13-10(2)15-16(11(13)3)12-6-8-19(17,18)9-12/h12,14H,4-9H2,1-3H3. The van der Waals surface area contributed by atoms with Gasteiger partial charge in [0.2, 0.25) is 0 Å². The molecule has 0 bridgehead atoms. The Morgan fingerprint density at radius 3 is 2.74 bits per heavy atom. The third-order valence-corrected chi connectivity index (χ3v) is 5.58. The number of rotatable bonds is 5. The second-order valence-electron chi connectivity index (χ2n) is 5.25. The van der Waals surface area contributed by atoms with Crippen LogP contribution >= 0.6 is 0 Å². The topological polar surface area (TPSA) is 64.0 Å². The number of nitrogens with one attached hydrogen (secondary N) is 1. The molecule has 1 unspecified atom stereocenters. The lowest BCUT2D eigenvalue weighted by Gasteiger charge is -2.11.